The Morgan fingerprint density at radius 1 is 1.13 bits per heavy atom. The lowest BCUT2D eigenvalue weighted by atomic mass is 10.1. The minimum Gasteiger partial charge on any atom is -0.345 e. The number of hydrogen-bond acceptors (Lipinski definition) is 4. The van der Waals surface area contributed by atoms with E-state index in [1.807, 2.05) is 0 Å². The Hall–Kier alpha value is -1.83. The average Bonchev–Trinajstić information content (AvgIpc) is 3.11. The normalized spacial score (nSPS) is 18.3. The highest BCUT2D eigenvalue weighted by molar-refractivity contribution is 7.22. The first-order valence-corrected chi connectivity index (χ1v) is 11.2. The Labute approximate surface area is 183 Å². The van der Waals surface area contributed by atoms with Gasteiger partial charge in [0.1, 0.15) is 0 Å². The van der Waals surface area contributed by atoms with Crippen LogP contribution in [-0.2, 0) is 18.6 Å². The van der Waals surface area contributed by atoms with E-state index in [0.29, 0.717) is 22.1 Å². The number of benzene rings is 2. The lowest BCUT2D eigenvalue weighted by molar-refractivity contribution is -0.137. The summed E-state index contributed by atoms with van der Waals surface area (Å²) in [7, 11) is 0. The Kier molecular flexibility index (Phi) is 5.97. The van der Waals surface area contributed by atoms with Crippen LogP contribution in [0.15, 0.2) is 36.4 Å². The molecule has 0 spiro atoms. The van der Waals surface area contributed by atoms with Crippen molar-refractivity contribution in [3.05, 3.63) is 58.7 Å². The summed E-state index contributed by atoms with van der Waals surface area (Å²) in [5.74, 6) is 0.506. The molecule has 2 heterocycles. The zero-order valence-electron chi connectivity index (χ0n) is 16.8. The van der Waals surface area contributed by atoms with E-state index < -0.39 is 11.7 Å². The molecule has 3 aromatic rings. The van der Waals surface area contributed by atoms with Crippen LogP contribution in [0.2, 0.25) is 0 Å². The van der Waals surface area contributed by atoms with Gasteiger partial charge in [-0.25, -0.2) is 4.98 Å². The SMILES string of the molecule is Cc1cc(CCl)cc(CN2CCN(c3nc4ccc(C(F)(F)F)cc4s3)C[C@H]2C)c1. The summed E-state index contributed by atoms with van der Waals surface area (Å²) in [4.78, 5) is 9.19. The van der Waals surface area contributed by atoms with E-state index in [1.54, 1.807) is 0 Å². The Morgan fingerprint density at radius 3 is 2.60 bits per heavy atom. The minimum atomic E-state index is -4.34. The number of aryl methyl sites for hydroxylation is 1. The van der Waals surface area contributed by atoms with Crippen molar-refractivity contribution in [3.8, 4) is 0 Å². The van der Waals surface area contributed by atoms with Crippen molar-refractivity contribution in [1.29, 1.82) is 0 Å². The van der Waals surface area contributed by atoms with E-state index in [9.17, 15) is 13.2 Å². The fourth-order valence-corrected chi connectivity index (χ4v) is 5.17. The van der Waals surface area contributed by atoms with E-state index in [0.717, 1.165) is 42.9 Å². The van der Waals surface area contributed by atoms with Crippen molar-refractivity contribution in [2.75, 3.05) is 24.5 Å². The molecule has 1 aliphatic rings. The number of alkyl halides is 4. The van der Waals surface area contributed by atoms with Gasteiger partial charge in [0.05, 0.1) is 15.8 Å². The van der Waals surface area contributed by atoms with Crippen LogP contribution >= 0.6 is 22.9 Å². The van der Waals surface area contributed by atoms with Gasteiger partial charge in [0.15, 0.2) is 5.13 Å². The standard InChI is InChI=1S/C22H23ClF3N3S/c1-14-7-16(11-23)9-17(8-14)13-28-5-6-29(12-15(28)2)21-27-19-4-3-18(22(24,25)26)10-20(19)30-21/h3-4,7-10,15H,5-6,11-13H2,1-2H3/t15-/m1/s1. The molecule has 0 saturated carbocycles. The van der Waals surface area contributed by atoms with E-state index in [4.69, 9.17) is 11.6 Å². The molecule has 0 aliphatic carbocycles. The third-order valence-corrected chi connectivity index (χ3v) is 6.86. The fourth-order valence-electron chi connectivity index (χ4n) is 3.98. The number of halogens is 4. The van der Waals surface area contributed by atoms with Crippen LogP contribution in [0.25, 0.3) is 10.2 Å². The predicted molar refractivity (Wildman–Crippen MR) is 117 cm³/mol. The van der Waals surface area contributed by atoms with Gasteiger partial charge in [-0.15, -0.1) is 11.6 Å². The molecule has 0 bridgehead atoms. The summed E-state index contributed by atoms with van der Waals surface area (Å²) in [6, 6.07) is 10.5. The summed E-state index contributed by atoms with van der Waals surface area (Å²) in [5.41, 5.74) is 3.59. The number of fused-ring (bicyclic) bond motifs is 1. The molecule has 1 fully saturated rings. The van der Waals surface area contributed by atoms with E-state index >= 15 is 0 Å². The fraction of sp³-hybridized carbons (Fsp3) is 0.409. The molecule has 3 nitrogen and oxygen atoms in total. The minimum absolute atomic E-state index is 0.302. The van der Waals surface area contributed by atoms with Gasteiger partial charge in [-0.1, -0.05) is 35.1 Å². The molecular formula is C22H23ClF3N3S. The molecule has 2 aromatic carbocycles. The summed E-state index contributed by atoms with van der Waals surface area (Å²) in [5, 5.41) is 0.788. The van der Waals surface area contributed by atoms with Gasteiger partial charge in [-0.3, -0.25) is 4.90 Å². The largest absolute Gasteiger partial charge is 0.416 e. The molecule has 1 atom stereocenters. The topological polar surface area (TPSA) is 19.4 Å². The van der Waals surface area contributed by atoms with Gasteiger partial charge in [-0.05, 0) is 43.2 Å². The number of aromatic nitrogens is 1. The first-order valence-electron chi connectivity index (χ1n) is 9.85. The molecular weight excluding hydrogens is 431 g/mol. The van der Waals surface area contributed by atoms with Crippen molar-refractivity contribution < 1.29 is 13.2 Å². The maximum Gasteiger partial charge on any atom is 0.416 e. The molecule has 1 aromatic heterocycles. The quantitative estimate of drug-likeness (QED) is 0.447. The van der Waals surface area contributed by atoms with Crippen molar-refractivity contribution in [3.63, 3.8) is 0 Å². The van der Waals surface area contributed by atoms with Gasteiger partial charge < -0.3 is 4.90 Å². The van der Waals surface area contributed by atoms with Crippen LogP contribution in [0, 0.1) is 6.92 Å². The number of anilines is 1. The van der Waals surface area contributed by atoms with Crippen molar-refractivity contribution in [2.45, 2.75) is 38.5 Å². The Balaban J connectivity index is 1.47. The molecule has 0 radical (unpaired) electrons. The van der Waals surface area contributed by atoms with Gasteiger partial charge in [0.2, 0.25) is 0 Å². The number of thiazole rings is 1. The summed E-state index contributed by atoms with van der Waals surface area (Å²) in [6.45, 7) is 7.58. The highest BCUT2D eigenvalue weighted by Crippen LogP contribution is 2.36. The number of piperazine rings is 1. The van der Waals surface area contributed by atoms with Gasteiger partial charge in [0.25, 0.3) is 0 Å². The molecule has 0 amide bonds. The summed E-state index contributed by atoms with van der Waals surface area (Å²) in [6.07, 6.45) is -4.34. The summed E-state index contributed by atoms with van der Waals surface area (Å²) < 4.78 is 39.5. The zero-order chi connectivity index (χ0) is 21.5. The maximum absolute atomic E-state index is 13.0. The van der Waals surface area contributed by atoms with Gasteiger partial charge in [-0.2, -0.15) is 13.2 Å². The van der Waals surface area contributed by atoms with Crippen molar-refractivity contribution >= 4 is 38.3 Å². The molecule has 4 rings (SSSR count). The lowest BCUT2D eigenvalue weighted by Crippen LogP contribution is -2.51. The van der Waals surface area contributed by atoms with Crippen LogP contribution < -0.4 is 4.90 Å². The molecule has 1 aliphatic heterocycles. The maximum atomic E-state index is 13.0. The van der Waals surface area contributed by atoms with Crippen molar-refractivity contribution in [2.24, 2.45) is 0 Å². The zero-order valence-corrected chi connectivity index (χ0v) is 18.4. The highest BCUT2D eigenvalue weighted by atomic mass is 35.5. The van der Waals surface area contributed by atoms with Crippen LogP contribution in [-0.4, -0.2) is 35.6 Å². The monoisotopic (exact) mass is 453 g/mol. The Morgan fingerprint density at radius 2 is 1.90 bits per heavy atom. The third kappa shape index (κ3) is 4.58. The van der Waals surface area contributed by atoms with Crippen molar-refractivity contribution in [1.82, 2.24) is 9.88 Å². The second-order valence-electron chi connectivity index (χ2n) is 7.90. The number of rotatable bonds is 4. The van der Waals surface area contributed by atoms with Crippen LogP contribution in [0.4, 0.5) is 18.3 Å². The van der Waals surface area contributed by atoms with E-state index in [-0.39, 0.29) is 0 Å². The molecule has 8 heteroatoms. The Bertz CT molecular complexity index is 1050. The van der Waals surface area contributed by atoms with Crippen LogP contribution in [0.5, 0.6) is 0 Å². The smallest absolute Gasteiger partial charge is 0.345 e. The highest BCUT2D eigenvalue weighted by Gasteiger charge is 2.31. The molecule has 0 N–H and O–H groups in total. The molecule has 1 saturated heterocycles. The van der Waals surface area contributed by atoms with Gasteiger partial charge in [0, 0.05) is 38.1 Å². The first-order chi connectivity index (χ1) is 14.2. The summed E-state index contributed by atoms with van der Waals surface area (Å²) >= 11 is 7.34. The van der Waals surface area contributed by atoms with E-state index in [2.05, 4.69) is 46.8 Å². The molecule has 0 unspecified atom stereocenters. The second-order valence-corrected chi connectivity index (χ2v) is 9.18. The molecule has 160 valence electrons. The third-order valence-electron chi connectivity index (χ3n) is 5.48. The van der Waals surface area contributed by atoms with Crippen LogP contribution in [0.1, 0.15) is 29.2 Å². The lowest BCUT2D eigenvalue weighted by Gasteiger charge is -2.39. The molecule has 30 heavy (non-hydrogen) atoms. The van der Waals surface area contributed by atoms with Crippen LogP contribution in [0.3, 0.4) is 0 Å². The average molecular weight is 454 g/mol. The first kappa shape index (κ1) is 21.4. The second kappa shape index (κ2) is 8.36. The van der Waals surface area contributed by atoms with E-state index in [1.165, 1.54) is 34.6 Å². The predicted octanol–water partition coefficient (Wildman–Crippen LogP) is 6.07. The number of hydrogen-bond donors (Lipinski definition) is 0. The van der Waals surface area contributed by atoms with Gasteiger partial charge >= 0.3 is 6.18 Å². The number of nitrogens with zero attached hydrogens (tertiary/aromatic N) is 3.